The van der Waals surface area contributed by atoms with Crippen LogP contribution in [0.3, 0.4) is 0 Å². The Balaban J connectivity index is 3.39. The molecule has 0 aliphatic carbocycles. The maximum absolute atomic E-state index is 10.8. The van der Waals surface area contributed by atoms with Gasteiger partial charge in [0.15, 0.2) is 11.5 Å². The molecular formula is C10H14N2O6. The molecule has 8 heteroatoms. The summed E-state index contributed by atoms with van der Waals surface area (Å²) in [5.74, 6) is -4.36. The molecule has 0 aliphatic rings. The first kappa shape index (κ1) is 13.9. The lowest BCUT2D eigenvalue weighted by atomic mass is 9.97. The van der Waals surface area contributed by atoms with Gasteiger partial charge >= 0.3 is 5.97 Å². The summed E-state index contributed by atoms with van der Waals surface area (Å²) in [5.41, 5.74) is 5.10. The van der Waals surface area contributed by atoms with Crippen LogP contribution < -0.4 is 11.1 Å². The van der Waals surface area contributed by atoms with Crippen LogP contribution in [-0.2, 0) is 4.79 Å². The van der Waals surface area contributed by atoms with E-state index < -0.39 is 41.1 Å². The maximum Gasteiger partial charge on any atom is 0.322 e. The van der Waals surface area contributed by atoms with E-state index in [-0.39, 0.29) is 5.56 Å². The monoisotopic (exact) mass is 258 g/mol. The number of benzene rings is 1. The normalized spacial score (nSPS) is 14.1. The Kier molecular flexibility index (Phi) is 3.84. The summed E-state index contributed by atoms with van der Waals surface area (Å²) < 4.78 is 0. The largest absolute Gasteiger partial charge is 0.507 e. The smallest absolute Gasteiger partial charge is 0.322 e. The third kappa shape index (κ3) is 2.24. The molecule has 0 saturated heterocycles. The average Bonchev–Trinajstić information content (AvgIpc) is 2.30. The van der Waals surface area contributed by atoms with Crippen molar-refractivity contribution in [2.75, 3.05) is 7.05 Å². The third-order valence-corrected chi connectivity index (χ3v) is 2.54. The van der Waals surface area contributed by atoms with Gasteiger partial charge in [0.25, 0.3) is 0 Å². The number of nitrogens with two attached hydrogens (primary N) is 1. The molecule has 8 nitrogen and oxygen atoms in total. The standard InChI is InChI=1S/C10H14N2O6/c1-12-7(6(11)10(17)18)5-3(13)2-4(14)8(15)9(5)16/h2,6-7,12-16H,11H2,1H3,(H,17,18). The molecule has 0 aliphatic heterocycles. The first-order valence-corrected chi connectivity index (χ1v) is 4.93. The third-order valence-electron chi connectivity index (χ3n) is 2.54. The molecule has 0 aromatic heterocycles. The summed E-state index contributed by atoms with van der Waals surface area (Å²) in [6, 6.07) is -1.83. The van der Waals surface area contributed by atoms with Crippen LogP contribution in [0.4, 0.5) is 0 Å². The molecular weight excluding hydrogens is 244 g/mol. The highest BCUT2D eigenvalue weighted by Crippen LogP contribution is 2.45. The fraction of sp³-hybridized carbons (Fsp3) is 0.300. The lowest BCUT2D eigenvalue weighted by Crippen LogP contribution is -2.42. The quantitative estimate of drug-likeness (QED) is 0.273. The van der Waals surface area contributed by atoms with Gasteiger partial charge in [-0.05, 0) is 7.05 Å². The molecule has 0 saturated carbocycles. The summed E-state index contributed by atoms with van der Waals surface area (Å²) in [7, 11) is 1.37. The molecule has 8 N–H and O–H groups in total. The summed E-state index contributed by atoms with van der Waals surface area (Å²) in [6.45, 7) is 0. The molecule has 100 valence electrons. The Labute approximate surface area is 102 Å². The number of nitrogens with one attached hydrogen (secondary N) is 1. The van der Waals surface area contributed by atoms with Gasteiger partial charge in [-0.25, -0.2) is 0 Å². The zero-order valence-electron chi connectivity index (χ0n) is 9.45. The first-order valence-electron chi connectivity index (χ1n) is 4.93. The van der Waals surface area contributed by atoms with Crippen molar-refractivity contribution in [3.8, 4) is 23.0 Å². The number of phenolic OH excluding ortho intramolecular Hbond substituents is 4. The number of carbonyl (C=O) groups is 1. The van der Waals surface area contributed by atoms with Gasteiger partial charge in [0, 0.05) is 6.07 Å². The van der Waals surface area contributed by atoms with E-state index in [1.165, 1.54) is 7.05 Å². The van der Waals surface area contributed by atoms with E-state index in [0.717, 1.165) is 6.07 Å². The van der Waals surface area contributed by atoms with Gasteiger partial charge in [0.05, 0.1) is 11.6 Å². The van der Waals surface area contributed by atoms with Crippen LogP contribution in [0.25, 0.3) is 0 Å². The zero-order valence-corrected chi connectivity index (χ0v) is 9.45. The summed E-state index contributed by atoms with van der Waals surface area (Å²) in [5, 5.41) is 49.1. The van der Waals surface area contributed by atoms with Gasteiger partial charge in [-0.2, -0.15) is 0 Å². The Bertz CT molecular complexity index is 476. The number of carboxylic acids is 1. The van der Waals surface area contributed by atoms with Crippen LogP contribution >= 0.6 is 0 Å². The van der Waals surface area contributed by atoms with Gasteiger partial charge in [-0.15, -0.1) is 0 Å². The van der Waals surface area contributed by atoms with E-state index in [9.17, 15) is 20.1 Å². The van der Waals surface area contributed by atoms with E-state index in [0.29, 0.717) is 0 Å². The Morgan fingerprint density at radius 2 is 1.78 bits per heavy atom. The topological polar surface area (TPSA) is 156 Å². The number of likely N-dealkylation sites (N-methyl/N-ethyl adjacent to an activating group) is 1. The van der Waals surface area contributed by atoms with Crippen LogP contribution in [0, 0.1) is 0 Å². The second-order valence-corrected chi connectivity index (χ2v) is 3.66. The van der Waals surface area contributed by atoms with Crippen molar-refractivity contribution < 1.29 is 30.3 Å². The molecule has 1 aromatic carbocycles. The van der Waals surface area contributed by atoms with Gasteiger partial charge in [0.1, 0.15) is 11.8 Å². The summed E-state index contributed by atoms with van der Waals surface area (Å²) >= 11 is 0. The van der Waals surface area contributed by atoms with E-state index >= 15 is 0 Å². The van der Waals surface area contributed by atoms with Crippen LogP contribution in [0.5, 0.6) is 23.0 Å². The van der Waals surface area contributed by atoms with E-state index in [1.54, 1.807) is 0 Å². The Morgan fingerprint density at radius 1 is 1.22 bits per heavy atom. The molecule has 2 atom stereocenters. The molecule has 0 heterocycles. The van der Waals surface area contributed by atoms with Crippen molar-refractivity contribution in [1.82, 2.24) is 5.32 Å². The number of carboxylic acid groups (broad SMARTS) is 1. The van der Waals surface area contributed by atoms with Crippen LogP contribution in [-0.4, -0.2) is 44.6 Å². The molecule has 2 unspecified atom stereocenters. The van der Waals surface area contributed by atoms with E-state index in [2.05, 4.69) is 5.32 Å². The predicted molar refractivity (Wildman–Crippen MR) is 60.5 cm³/mol. The van der Waals surface area contributed by atoms with Crippen molar-refractivity contribution in [1.29, 1.82) is 0 Å². The number of aromatic hydroxyl groups is 4. The first-order chi connectivity index (χ1) is 8.31. The summed E-state index contributed by atoms with van der Waals surface area (Å²) in [6.07, 6.45) is 0. The molecule has 0 amide bonds. The number of hydrogen-bond donors (Lipinski definition) is 7. The predicted octanol–water partition coefficient (Wildman–Crippen LogP) is -0.819. The molecule has 0 radical (unpaired) electrons. The Morgan fingerprint density at radius 3 is 2.22 bits per heavy atom. The fourth-order valence-electron chi connectivity index (χ4n) is 1.60. The Hall–Kier alpha value is -2.19. The highest BCUT2D eigenvalue weighted by Gasteiger charge is 2.31. The van der Waals surface area contributed by atoms with Crippen molar-refractivity contribution in [3.63, 3.8) is 0 Å². The fourth-order valence-corrected chi connectivity index (χ4v) is 1.60. The molecule has 0 bridgehead atoms. The van der Waals surface area contributed by atoms with Gasteiger partial charge in [-0.3, -0.25) is 4.79 Å². The van der Waals surface area contributed by atoms with E-state index in [1.807, 2.05) is 0 Å². The minimum atomic E-state index is -1.46. The van der Waals surface area contributed by atoms with Crippen LogP contribution in [0.1, 0.15) is 11.6 Å². The number of aliphatic carboxylic acids is 1. The minimum Gasteiger partial charge on any atom is -0.507 e. The van der Waals surface area contributed by atoms with Crippen LogP contribution in [0.2, 0.25) is 0 Å². The molecule has 18 heavy (non-hydrogen) atoms. The average molecular weight is 258 g/mol. The van der Waals surface area contributed by atoms with Crippen molar-refractivity contribution in [2.24, 2.45) is 5.73 Å². The molecule has 0 fully saturated rings. The second kappa shape index (κ2) is 4.98. The SMILES string of the molecule is CNC(c1c(O)cc(O)c(O)c1O)C(N)C(=O)O. The molecule has 1 aromatic rings. The van der Waals surface area contributed by atoms with Crippen molar-refractivity contribution in [3.05, 3.63) is 11.6 Å². The highest BCUT2D eigenvalue weighted by molar-refractivity contribution is 5.75. The minimum absolute atomic E-state index is 0.303. The summed E-state index contributed by atoms with van der Waals surface area (Å²) in [4.78, 5) is 10.8. The van der Waals surface area contributed by atoms with Gasteiger partial charge in [0.2, 0.25) is 5.75 Å². The van der Waals surface area contributed by atoms with Crippen molar-refractivity contribution >= 4 is 5.97 Å². The number of phenols is 4. The maximum atomic E-state index is 10.8. The van der Waals surface area contributed by atoms with Gasteiger partial charge in [-0.1, -0.05) is 0 Å². The van der Waals surface area contributed by atoms with Gasteiger partial charge < -0.3 is 36.6 Å². The lowest BCUT2D eigenvalue weighted by molar-refractivity contribution is -0.139. The highest BCUT2D eigenvalue weighted by atomic mass is 16.4. The van der Waals surface area contributed by atoms with Crippen molar-refractivity contribution in [2.45, 2.75) is 12.1 Å². The number of rotatable bonds is 4. The molecule has 0 spiro atoms. The zero-order chi connectivity index (χ0) is 14.0. The molecule has 1 rings (SSSR count). The van der Waals surface area contributed by atoms with Crippen LogP contribution in [0.15, 0.2) is 6.07 Å². The second-order valence-electron chi connectivity index (χ2n) is 3.66. The lowest BCUT2D eigenvalue weighted by Gasteiger charge is -2.22. The number of hydrogen-bond acceptors (Lipinski definition) is 7. The van der Waals surface area contributed by atoms with E-state index in [4.69, 9.17) is 15.9 Å².